The molecule has 21 heavy (non-hydrogen) atoms. The number of ether oxygens (including phenoxy) is 1. The van der Waals surface area contributed by atoms with E-state index in [0.29, 0.717) is 6.29 Å². The third-order valence-electron chi connectivity index (χ3n) is 3.03. The lowest BCUT2D eigenvalue weighted by atomic mass is 10.1. The van der Waals surface area contributed by atoms with Gasteiger partial charge in [0.2, 0.25) is 5.91 Å². The summed E-state index contributed by atoms with van der Waals surface area (Å²) >= 11 is 0. The zero-order valence-corrected chi connectivity index (χ0v) is 12.2. The van der Waals surface area contributed by atoms with Gasteiger partial charge in [0.15, 0.2) is 0 Å². The number of carbonyl (C=O) groups excluding carboxylic acids is 4. The first kappa shape index (κ1) is 17.0. The highest BCUT2D eigenvalue weighted by Gasteiger charge is 2.22. The fourth-order valence-corrected chi connectivity index (χ4v) is 1.69. The van der Waals surface area contributed by atoms with E-state index in [1.54, 1.807) is 0 Å². The Bertz CT molecular complexity index is 427. The van der Waals surface area contributed by atoms with Crippen molar-refractivity contribution in [3.63, 3.8) is 0 Å². The quantitative estimate of drug-likeness (QED) is 0.357. The van der Waals surface area contributed by atoms with Crippen LogP contribution in [0.15, 0.2) is 12.2 Å². The van der Waals surface area contributed by atoms with Crippen molar-refractivity contribution in [3.05, 3.63) is 12.2 Å². The molecule has 0 saturated heterocycles. The van der Waals surface area contributed by atoms with Crippen LogP contribution in [0.2, 0.25) is 0 Å². The molecule has 1 aliphatic heterocycles. The van der Waals surface area contributed by atoms with E-state index in [1.165, 1.54) is 12.2 Å². The van der Waals surface area contributed by atoms with Crippen molar-refractivity contribution in [1.82, 2.24) is 10.2 Å². The van der Waals surface area contributed by atoms with Crippen LogP contribution in [0.3, 0.4) is 0 Å². The van der Waals surface area contributed by atoms with Gasteiger partial charge in [-0.05, 0) is 5.92 Å². The Morgan fingerprint density at radius 3 is 2.43 bits per heavy atom. The Hall–Kier alpha value is -2.02. The van der Waals surface area contributed by atoms with E-state index < -0.39 is 6.04 Å². The van der Waals surface area contributed by atoms with Crippen molar-refractivity contribution in [2.45, 2.75) is 26.3 Å². The molecule has 7 heteroatoms. The van der Waals surface area contributed by atoms with Gasteiger partial charge in [0.05, 0.1) is 25.8 Å². The van der Waals surface area contributed by atoms with Gasteiger partial charge in [-0.15, -0.1) is 0 Å². The number of rotatable bonds is 9. The van der Waals surface area contributed by atoms with E-state index in [4.69, 9.17) is 4.74 Å². The molecular formula is C14H20N2O5. The molecule has 1 atom stereocenters. The molecule has 0 aromatic rings. The predicted molar refractivity (Wildman–Crippen MR) is 74.1 cm³/mol. The molecule has 0 radical (unpaired) electrons. The first-order valence-electron chi connectivity index (χ1n) is 6.81. The summed E-state index contributed by atoms with van der Waals surface area (Å²) in [5, 5.41) is 2.60. The second-order valence-corrected chi connectivity index (χ2v) is 5.00. The molecule has 1 aliphatic rings. The number of hydrogen-bond donors (Lipinski definition) is 1. The van der Waals surface area contributed by atoms with Crippen molar-refractivity contribution in [1.29, 1.82) is 0 Å². The monoisotopic (exact) mass is 296 g/mol. The second-order valence-electron chi connectivity index (χ2n) is 5.00. The molecule has 1 heterocycles. The van der Waals surface area contributed by atoms with Crippen molar-refractivity contribution >= 4 is 24.0 Å². The van der Waals surface area contributed by atoms with Crippen LogP contribution in [-0.4, -0.2) is 54.7 Å². The summed E-state index contributed by atoms with van der Waals surface area (Å²) in [6, 6.07) is -0.497. The number of hydrogen-bond acceptors (Lipinski definition) is 5. The van der Waals surface area contributed by atoms with Crippen molar-refractivity contribution < 1.29 is 23.9 Å². The molecule has 0 aromatic heterocycles. The highest BCUT2D eigenvalue weighted by molar-refractivity contribution is 6.12. The topological polar surface area (TPSA) is 92.8 Å². The largest absolute Gasteiger partial charge is 0.379 e. The zero-order chi connectivity index (χ0) is 15.8. The maximum absolute atomic E-state index is 11.6. The van der Waals surface area contributed by atoms with E-state index in [1.807, 2.05) is 13.8 Å². The number of carbonyl (C=O) groups is 4. The number of imide groups is 1. The van der Waals surface area contributed by atoms with Crippen LogP contribution >= 0.6 is 0 Å². The summed E-state index contributed by atoms with van der Waals surface area (Å²) in [5.41, 5.74) is 0. The van der Waals surface area contributed by atoms with Gasteiger partial charge in [0.1, 0.15) is 6.29 Å². The summed E-state index contributed by atoms with van der Waals surface area (Å²) in [4.78, 5) is 45.9. The van der Waals surface area contributed by atoms with Crippen molar-refractivity contribution in [3.8, 4) is 0 Å². The first-order chi connectivity index (χ1) is 9.95. The Morgan fingerprint density at radius 1 is 1.29 bits per heavy atom. The number of amides is 3. The second kappa shape index (κ2) is 8.31. The Labute approximate surface area is 123 Å². The number of nitrogens with zero attached hydrogens (tertiary/aromatic N) is 1. The number of aldehydes is 1. The van der Waals surface area contributed by atoms with E-state index >= 15 is 0 Å². The van der Waals surface area contributed by atoms with E-state index in [9.17, 15) is 19.2 Å². The minimum Gasteiger partial charge on any atom is -0.379 e. The summed E-state index contributed by atoms with van der Waals surface area (Å²) in [7, 11) is 0. The van der Waals surface area contributed by atoms with Crippen LogP contribution in [0, 0.1) is 5.92 Å². The third-order valence-corrected chi connectivity index (χ3v) is 3.03. The smallest absolute Gasteiger partial charge is 0.253 e. The third kappa shape index (κ3) is 5.47. The Balaban J connectivity index is 2.14. The lowest BCUT2D eigenvalue weighted by molar-refractivity contribution is -0.138. The minimum atomic E-state index is -0.497. The molecule has 7 nitrogen and oxygen atoms in total. The average Bonchev–Trinajstić information content (AvgIpc) is 2.75. The van der Waals surface area contributed by atoms with E-state index in [-0.39, 0.29) is 49.8 Å². The van der Waals surface area contributed by atoms with Gasteiger partial charge in [-0.25, -0.2) is 0 Å². The van der Waals surface area contributed by atoms with Crippen LogP contribution in [0.1, 0.15) is 20.3 Å². The molecule has 1 N–H and O–H groups in total. The van der Waals surface area contributed by atoms with E-state index in [2.05, 4.69) is 5.32 Å². The van der Waals surface area contributed by atoms with Crippen molar-refractivity contribution in [2.75, 3.05) is 19.8 Å². The minimum absolute atomic E-state index is 0.0343. The Kier molecular flexibility index (Phi) is 6.74. The summed E-state index contributed by atoms with van der Waals surface area (Å²) < 4.78 is 5.22. The van der Waals surface area contributed by atoms with Crippen molar-refractivity contribution in [2.24, 2.45) is 5.92 Å². The van der Waals surface area contributed by atoms with Gasteiger partial charge in [0.25, 0.3) is 11.8 Å². The SMILES string of the molecule is CC(C)C(C=O)NC(=O)CCOCCN1C(=O)C=CC1=O. The van der Waals surface area contributed by atoms with Crippen LogP contribution in [0.5, 0.6) is 0 Å². The van der Waals surface area contributed by atoms with Gasteiger partial charge in [-0.1, -0.05) is 13.8 Å². The first-order valence-corrected chi connectivity index (χ1v) is 6.81. The molecule has 1 rings (SSSR count). The lowest BCUT2D eigenvalue weighted by Crippen LogP contribution is -2.40. The molecule has 1 unspecified atom stereocenters. The molecular weight excluding hydrogens is 276 g/mol. The standard InChI is InChI=1S/C14H20N2O5/c1-10(2)11(9-17)15-12(18)5-7-21-8-6-16-13(19)3-4-14(16)20/h3-4,9-11H,5-8H2,1-2H3,(H,15,18). The normalized spacial score (nSPS) is 15.7. The van der Waals surface area contributed by atoms with Crippen LogP contribution < -0.4 is 5.32 Å². The molecule has 0 fully saturated rings. The van der Waals surface area contributed by atoms with Crippen LogP contribution in [0.4, 0.5) is 0 Å². The lowest BCUT2D eigenvalue weighted by Gasteiger charge is -2.16. The zero-order valence-electron chi connectivity index (χ0n) is 12.2. The molecule has 116 valence electrons. The van der Waals surface area contributed by atoms with E-state index in [0.717, 1.165) is 4.90 Å². The average molecular weight is 296 g/mol. The molecule has 0 spiro atoms. The van der Waals surface area contributed by atoms with Gasteiger partial charge < -0.3 is 14.8 Å². The van der Waals surface area contributed by atoms with Gasteiger partial charge in [0, 0.05) is 18.6 Å². The summed E-state index contributed by atoms with van der Waals surface area (Å²) in [6.07, 6.45) is 3.25. The number of nitrogens with one attached hydrogen (secondary N) is 1. The van der Waals surface area contributed by atoms with Gasteiger partial charge in [-0.3, -0.25) is 19.3 Å². The molecule has 0 aliphatic carbocycles. The predicted octanol–water partition coefficient (Wildman–Crippen LogP) is -0.342. The highest BCUT2D eigenvalue weighted by atomic mass is 16.5. The maximum Gasteiger partial charge on any atom is 0.253 e. The molecule has 0 saturated carbocycles. The van der Waals surface area contributed by atoms with Gasteiger partial charge >= 0.3 is 0 Å². The fraction of sp³-hybridized carbons (Fsp3) is 0.571. The van der Waals surface area contributed by atoms with Crippen LogP contribution in [0.25, 0.3) is 0 Å². The molecule has 0 aromatic carbocycles. The highest BCUT2D eigenvalue weighted by Crippen LogP contribution is 2.02. The van der Waals surface area contributed by atoms with Crippen LogP contribution in [-0.2, 0) is 23.9 Å². The molecule has 3 amide bonds. The summed E-state index contributed by atoms with van der Waals surface area (Å²) in [6.45, 7) is 4.18. The maximum atomic E-state index is 11.6. The van der Waals surface area contributed by atoms with Gasteiger partial charge in [-0.2, -0.15) is 0 Å². The Morgan fingerprint density at radius 2 is 1.90 bits per heavy atom. The summed E-state index contributed by atoms with van der Waals surface area (Å²) in [5.74, 6) is -0.943. The fourth-order valence-electron chi connectivity index (χ4n) is 1.69. The molecule has 0 bridgehead atoms.